The Balaban J connectivity index is 2.42. The van der Waals surface area contributed by atoms with Crippen molar-refractivity contribution < 1.29 is 18.6 Å². The van der Waals surface area contributed by atoms with Crippen molar-refractivity contribution in [2.24, 2.45) is 5.41 Å². The fourth-order valence-corrected chi connectivity index (χ4v) is 1.91. The molecule has 0 amide bonds. The van der Waals surface area contributed by atoms with Crippen molar-refractivity contribution in [3.05, 3.63) is 0 Å². The van der Waals surface area contributed by atoms with E-state index >= 15 is 0 Å². The molecule has 0 aromatic rings. The van der Waals surface area contributed by atoms with E-state index in [1.807, 2.05) is 6.92 Å². The highest BCUT2D eigenvalue weighted by Crippen LogP contribution is 2.34. The van der Waals surface area contributed by atoms with Crippen molar-refractivity contribution in [3.63, 3.8) is 0 Å². The van der Waals surface area contributed by atoms with Gasteiger partial charge >= 0.3 is 5.97 Å². The predicted molar refractivity (Wildman–Crippen MR) is 49.6 cm³/mol. The Morgan fingerprint density at radius 1 is 1.54 bits per heavy atom. The van der Waals surface area contributed by atoms with Crippen molar-refractivity contribution >= 4 is 15.0 Å². The summed E-state index contributed by atoms with van der Waals surface area (Å²) in [5, 5.41) is 0. The summed E-state index contributed by atoms with van der Waals surface area (Å²) in [6.07, 6.45) is 0.894. The van der Waals surface area contributed by atoms with Crippen molar-refractivity contribution in [3.8, 4) is 0 Å². The molecule has 5 heteroatoms. The Morgan fingerprint density at radius 2 is 2.15 bits per heavy atom. The van der Waals surface area contributed by atoms with Crippen molar-refractivity contribution in [1.82, 2.24) is 0 Å². The first-order valence-corrected chi connectivity index (χ1v) is 5.12. The second-order valence-corrected chi connectivity index (χ2v) is 4.04. The van der Waals surface area contributed by atoms with Crippen molar-refractivity contribution in [2.75, 3.05) is 19.8 Å². The molecule has 4 nitrogen and oxygen atoms in total. The molecule has 1 saturated heterocycles. The van der Waals surface area contributed by atoms with Crippen LogP contribution in [-0.2, 0) is 18.6 Å². The van der Waals surface area contributed by atoms with Gasteiger partial charge in [-0.15, -0.1) is 0 Å². The predicted octanol–water partition coefficient (Wildman–Crippen LogP) is 1.50. The molecule has 1 aliphatic rings. The second kappa shape index (κ2) is 4.89. The molecule has 13 heavy (non-hydrogen) atoms. The number of carbonyl (C=O) groups excluding carboxylic acids is 1. The molecule has 76 valence electrons. The summed E-state index contributed by atoms with van der Waals surface area (Å²) in [4.78, 5) is 10.6. The van der Waals surface area contributed by atoms with Crippen LogP contribution in [0.25, 0.3) is 0 Å². The fraction of sp³-hybridized carbons (Fsp3) is 0.875. The second-order valence-electron chi connectivity index (χ2n) is 3.29. The highest BCUT2D eigenvalue weighted by Gasteiger charge is 2.33. The number of hydrogen-bond acceptors (Lipinski definition) is 4. The SMILES string of the molecule is CCC1(COC(C)=O)COPOC1. The maximum Gasteiger partial charge on any atom is 0.302 e. The van der Waals surface area contributed by atoms with Gasteiger partial charge in [0, 0.05) is 6.92 Å². The third kappa shape index (κ3) is 3.22. The molecule has 0 saturated carbocycles. The van der Waals surface area contributed by atoms with Gasteiger partial charge in [-0.25, -0.2) is 0 Å². The molecular formula is C8H15O4P. The van der Waals surface area contributed by atoms with Crippen LogP contribution in [0, 0.1) is 5.41 Å². The summed E-state index contributed by atoms with van der Waals surface area (Å²) >= 11 is 0. The number of ether oxygens (including phenoxy) is 1. The molecular weight excluding hydrogens is 191 g/mol. The summed E-state index contributed by atoms with van der Waals surface area (Å²) in [6, 6.07) is 0. The molecule has 1 heterocycles. The molecule has 1 rings (SSSR count). The quantitative estimate of drug-likeness (QED) is 0.518. The van der Waals surface area contributed by atoms with Gasteiger partial charge < -0.3 is 13.8 Å². The van der Waals surface area contributed by atoms with Crippen molar-refractivity contribution in [2.45, 2.75) is 20.3 Å². The Morgan fingerprint density at radius 3 is 2.62 bits per heavy atom. The smallest absolute Gasteiger partial charge is 0.302 e. The average molecular weight is 206 g/mol. The van der Waals surface area contributed by atoms with E-state index < -0.39 is 0 Å². The molecule has 0 N–H and O–H groups in total. The maximum absolute atomic E-state index is 10.6. The van der Waals surface area contributed by atoms with Crippen LogP contribution in [-0.4, -0.2) is 25.8 Å². The summed E-state index contributed by atoms with van der Waals surface area (Å²) in [7, 11) is 0.130. The molecule has 0 aliphatic carbocycles. The number of hydrogen-bond donors (Lipinski definition) is 0. The average Bonchev–Trinajstić information content (AvgIpc) is 2.16. The van der Waals surface area contributed by atoms with Crippen LogP contribution in [0.1, 0.15) is 20.3 Å². The van der Waals surface area contributed by atoms with Crippen molar-refractivity contribution in [1.29, 1.82) is 0 Å². The first-order valence-electron chi connectivity index (χ1n) is 4.30. The highest BCUT2D eigenvalue weighted by atomic mass is 31.1. The standard InChI is InChI=1S/C8H15O4P/c1-3-8(4-10-7(2)9)5-11-13-12-6-8/h13H,3-6H2,1-2H3. The van der Waals surface area contributed by atoms with Crippen LogP contribution in [0.4, 0.5) is 0 Å². The summed E-state index contributed by atoms with van der Waals surface area (Å²) in [6.45, 7) is 5.09. The largest absolute Gasteiger partial charge is 0.465 e. The zero-order valence-electron chi connectivity index (χ0n) is 7.96. The van der Waals surface area contributed by atoms with Crippen LogP contribution < -0.4 is 0 Å². The van der Waals surface area contributed by atoms with Gasteiger partial charge in [0.2, 0.25) is 0 Å². The van der Waals surface area contributed by atoms with Crippen LogP contribution in [0.3, 0.4) is 0 Å². The number of esters is 1. The molecule has 1 fully saturated rings. The van der Waals surface area contributed by atoms with Gasteiger partial charge in [0.05, 0.1) is 18.6 Å². The lowest BCUT2D eigenvalue weighted by Crippen LogP contribution is -2.38. The summed E-state index contributed by atoms with van der Waals surface area (Å²) in [5.41, 5.74) is -0.128. The molecule has 0 spiro atoms. The zero-order chi connectivity index (χ0) is 9.73. The normalized spacial score (nSPS) is 30.3. The van der Waals surface area contributed by atoms with Gasteiger partial charge in [-0.1, -0.05) is 6.92 Å². The minimum Gasteiger partial charge on any atom is -0.465 e. The van der Waals surface area contributed by atoms with Gasteiger partial charge in [-0.2, -0.15) is 0 Å². The Bertz CT molecular complexity index is 177. The highest BCUT2D eigenvalue weighted by molar-refractivity contribution is 7.26. The van der Waals surface area contributed by atoms with E-state index in [2.05, 4.69) is 0 Å². The van der Waals surface area contributed by atoms with Gasteiger partial charge in [0.15, 0.2) is 9.03 Å². The number of carbonyl (C=O) groups is 1. The molecule has 0 aromatic carbocycles. The van der Waals surface area contributed by atoms with E-state index in [0.29, 0.717) is 19.8 Å². The van der Waals surface area contributed by atoms with E-state index in [9.17, 15) is 4.79 Å². The van der Waals surface area contributed by atoms with E-state index in [1.54, 1.807) is 0 Å². The molecule has 0 radical (unpaired) electrons. The third-order valence-electron chi connectivity index (χ3n) is 2.21. The van der Waals surface area contributed by atoms with Gasteiger partial charge in [-0.3, -0.25) is 4.79 Å². The van der Waals surface area contributed by atoms with E-state index in [0.717, 1.165) is 6.42 Å². The Labute approximate surface area is 79.9 Å². The van der Waals surface area contributed by atoms with E-state index in [4.69, 9.17) is 13.8 Å². The fourth-order valence-electron chi connectivity index (χ4n) is 1.09. The molecule has 0 atom stereocenters. The van der Waals surface area contributed by atoms with E-state index in [1.165, 1.54) is 6.92 Å². The van der Waals surface area contributed by atoms with E-state index in [-0.39, 0.29) is 20.4 Å². The lowest BCUT2D eigenvalue weighted by Gasteiger charge is -2.34. The summed E-state index contributed by atoms with van der Waals surface area (Å²) in [5.74, 6) is -0.249. The Kier molecular flexibility index (Phi) is 4.10. The molecule has 0 bridgehead atoms. The van der Waals surface area contributed by atoms with Crippen LogP contribution in [0.5, 0.6) is 0 Å². The third-order valence-corrected chi connectivity index (χ3v) is 2.73. The maximum atomic E-state index is 10.6. The monoisotopic (exact) mass is 206 g/mol. The Hall–Kier alpha value is -0.180. The minimum atomic E-state index is -0.249. The number of rotatable bonds is 3. The minimum absolute atomic E-state index is 0.128. The van der Waals surface area contributed by atoms with Crippen LogP contribution in [0.2, 0.25) is 0 Å². The zero-order valence-corrected chi connectivity index (χ0v) is 8.96. The van der Waals surface area contributed by atoms with Crippen LogP contribution in [0.15, 0.2) is 0 Å². The van der Waals surface area contributed by atoms with Crippen LogP contribution >= 0.6 is 9.03 Å². The molecule has 0 aromatic heterocycles. The van der Waals surface area contributed by atoms with Gasteiger partial charge in [-0.05, 0) is 6.42 Å². The summed E-state index contributed by atoms with van der Waals surface area (Å²) < 4.78 is 15.4. The first-order chi connectivity index (χ1) is 6.18. The van der Waals surface area contributed by atoms with Gasteiger partial charge in [0.1, 0.15) is 6.61 Å². The van der Waals surface area contributed by atoms with Gasteiger partial charge in [0.25, 0.3) is 0 Å². The molecule has 1 aliphatic heterocycles. The lowest BCUT2D eigenvalue weighted by atomic mass is 9.88. The molecule has 0 unspecified atom stereocenters. The lowest BCUT2D eigenvalue weighted by molar-refractivity contribution is -0.147. The topological polar surface area (TPSA) is 44.8 Å². The first kappa shape index (κ1) is 10.9.